The Kier molecular flexibility index (Phi) is 3.58. The van der Waals surface area contributed by atoms with Crippen molar-refractivity contribution in [3.63, 3.8) is 0 Å². The molecule has 17 heavy (non-hydrogen) atoms. The Labute approximate surface area is 105 Å². The summed E-state index contributed by atoms with van der Waals surface area (Å²) in [6, 6.07) is 9.24. The summed E-state index contributed by atoms with van der Waals surface area (Å²) in [7, 11) is 0. The normalized spacial score (nSPS) is 25.2. The molecule has 1 saturated carbocycles. The molecule has 1 aliphatic carbocycles. The van der Waals surface area contributed by atoms with Gasteiger partial charge in [-0.05, 0) is 54.2 Å². The summed E-state index contributed by atoms with van der Waals surface area (Å²) in [6.45, 7) is 7.66. The van der Waals surface area contributed by atoms with Gasteiger partial charge in [-0.1, -0.05) is 45.0 Å². The highest BCUT2D eigenvalue weighted by Gasteiger charge is 2.25. The van der Waals surface area contributed by atoms with Crippen LogP contribution in [0.4, 0.5) is 0 Å². The zero-order valence-electron chi connectivity index (χ0n) is 11.4. The second kappa shape index (κ2) is 4.81. The number of rotatable bonds is 2. The van der Waals surface area contributed by atoms with E-state index in [0.717, 1.165) is 18.4 Å². The van der Waals surface area contributed by atoms with Crippen molar-refractivity contribution in [2.75, 3.05) is 6.54 Å². The van der Waals surface area contributed by atoms with Crippen molar-refractivity contribution < 1.29 is 0 Å². The standard InChI is InChI=1S/C16H25N/c1-16(2,3)15-8-6-13(7-9-15)14-5-4-12(10-14)11-17/h6-9,12,14H,4-5,10-11,17H2,1-3H3. The van der Waals surface area contributed by atoms with Crippen LogP contribution >= 0.6 is 0 Å². The van der Waals surface area contributed by atoms with Crippen molar-refractivity contribution in [2.45, 2.75) is 51.4 Å². The molecule has 0 heterocycles. The van der Waals surface area contributed by atoms with Gasteiger partial charge < -0.3 is 5.73 Å². The lowest BCUT2D eigenvalue weighted by Crippen LogP contribution is -2.11. The summed E-state index contributed by atoms with van der Waals surface area (Å²) in [5, 5.41) is 0. The summed E-state index contributed by atoms with van der Waals surface area (Å²) in [5.74, 6) is 1.50. The molecule has 0 saturated heterocycles. The summed E-state index contributed by atoms with van der Waals surface area (Å²) < 4.78 is 0. The van der Waals surface area contributed by atoms with Gasteiger partial charge in [-0.2, -0.15) is 0 Å². The molecule has 0 amide bonds. The molecule has 0 bridgehead atoms. The van der Waals surface area contributed by atoms with E-state index in [4.69, 9.17) is 5.73 Å². The smallest absolute Gasteiger partial charge is 0.00486 e. The molecule has 1 nitrogen and oxygen atoms in total. The first-order chi connectivity index (χ1) is 8.00. The molecular formula is C16H25N. The Morgan fingerprint density at radius 2 is 1.76 bits per heavy atom. The topological polar surface area (TPSA) is 26.0 Å². The quantitative estimate of drug-likeness (QED) is 0.822. The second-order valence-corrected chi connectivity index (χ2v) is 6.48. The Morgan fingerprint density at radius 1 is 1.12 bits per heavy atom. The Morgan fingerprint density at radius 3 is 2.24 bits per heavy atom. The molecule has 94 valence electrons. The van der Waals surface area contributed by atoms with Crippen molar-refractivity contribution in [2.24, 2.45) is 11.7 Å². The van der Waals surface area contributed by atoms with Gasteiger partial charge >= 0.3 is 0 Å². The molecule has 1 aromatic rings. The highest BCUT2D eigenvalue weighted by Crippen LogP contribution is 2.38. The van der Waals surface area contributed by atoms with Gasteiger partial charge in [0.1, 0.15) is 0 Å². The third kappa shape index (κ3) is 2.90. The minimum absolute atomic E-state index is 0.258. The summed E-state index contributed by atoms with van der Waals surface area (Å²) in [6.07, 6.45) is 3.91. The van der Waals surface area contributed by atoms with Gasteiger partial charge in [0.2, 0.25) is 0 Å². The third-order valence-electron chi connectivity index (χ3n) is 4.12. The molecule has 1 aromatic carbocycles. The van der Waals surface area contributed by atoms with E-state index in [0.29, 0.717) is 0 Å². The lowest BCUT2D eigenvalue weighted by atomic mass is 9.85. The lowest BCUT2D eigenvalue weighted by molar-refractivity contribution is 0.551. The maximum Gasteiger partial charge on any atom is -0.00486 e. The van der Waals surface area contributed by atoms with E-state index in [1.807, 2.05) is 0 Å². The second-order valence-electron chi connectivity index (χ2n) is 6.48. The van der Waals surface area contributed by atoms with Gasteiger partial charge in [-0.15, -0.1) is 0 Å². The van der Waals surface area contributed by atoms with Crippen molar-refractivity contribution in [1.82, 2.24) is 0 Å². The van der Waals surface area contributed by atoms with Gasteiger partial charge in [-0.25, -0.2) is 0 Å². The van der Waals surface area contributed by atoms with E-state index >= 15 is 0 Å². The van der Waals surface area contributed by atoms with Crippen LogP contribution in [0, 0.1) is 5.92 Å². The molecule has 0 radical (unpaired) electrons. The predicted octanol–water partition coefficient (Wildman–Crippen LogP) is 3.83. The molecule has 0 aromatic heterocycles. The number of nitrogens with two attached hydrogens (primary N) is 1. The zero-order chi connectivity index (χ0) is 12.5. The zero-order valence-corrected chi connectivity index (χ0v) is 11.4. The van der Waals surface area contributed by atoms with Gasteiger partial charge in [-0.3, -0.25) is 0 Å². The number of hydrogen-bond donors (Lipinski definition) is 1. The van der Waals surface area contributed by atoms with Crippen LogP contribution in [0.1, 0.15) is 57.1 Å². The first-order valence-electron chi connectivity index (χ1n) is 6.81. The van der Waals surface area contributed by atoms with Crippen LogP contribution in [0.15, 0.2) is 24.3 Å². The third-order valence-corrected chi connectivity index (χ3v) is 4.12. The van der Waals surface area contributed by atoms with Gasteiger partial charge in [0, 0.05) is 0 Å². The molecule has 0 aliphatic heterocycles. The van der Waals surface area contributed by atoms with Crippen molar-refractivity contribution in [1.29, 1.82) is 0 Å². The molecule has 2 N–H and O–H groups in total. The molecule has 1 fully saturated rings. The molecule has 2 rings (SSSR count). The fourth-order valence-corrected chi connectivity index (χ4v) is 2.85. The van der Waals surface area contributed by atoms with Crippen LogP contribution in [-0.2, 0) is 5.41 Å². The summed E-state index contributed by atoms with van der Waals surface area (Å²) in [5.41, 5.74) is 8.95. The maximum atomic E-state index is 5.76. The first kappa shape index (κ1) is 12.6. The van der Waals surface area contributed by atoms with E-state index < -0.39 is 0 Å². The molecule has 2 atom stereocenters. The van der Waals surface area contributed by atoms with Crippen LogP contribution < -0.4 is 5.73 Å². The van der Waals surface area contributed by atoms with Gasteiger partial charge in [0.25, 0.3) is 0 Å². The van der Waals surface area contributed by atoms with E-state index in [-0.39, 0.29) is 5.41 Å². The van der Waals surface area contributed by atoms with Crippen molar-refractivity contribution in [3.05, 3.63) is 35.4 Å². The average molecular weight is 231 g/mol. The molecular weight excluding hydrogens is 206 g/mol. The highest BCUT2D eigenvalue weighted by molar-refractivity contribution is 5.30. The lowest BCUT2D eigenvalue weighted by Gasteiger charge is -2.20. The molecule has 0 spiro atoms. The largest absolute Gasteiger partial charge is 0.330 e. The molecule has 1 aliphatic rings. The average Bonchev–Trinajstić information content (AvgIpc) is 2.76. The van der Waals surface area contributed by atoms with Crippen molar-refractivity contribution in [3.8, 4) is 0 Å². The van der Waals surface area contributed by atoms with Gasteiger partial charge in [0.05, 0.1) is 0 Å². The Balaban J connectivity index is 2.09. The van der Waals surface area contributed by atoms with E-state index in [2.05, 4.69) is 45.0 Å². The molecule has 2 unspecified atom stereocenters. The van der Waals surface area contributed by atoms with Crippen molar-refractivity contribution >= 4 is 0 Å². The highest BCUT2D eigenvalue weighted by atomic mass is 14.6. The minimum Gasteiger partial charge on any atom is -0.330 e. The van der Waals surface area contributed by atoms with Crippen LogP contribution in [0.3, 0.4) is 0 Å². The van der Waals surface area contributed by atoms with E-state index in [1.165, 1.54) is 30.4 Å². The molecule has 1 heteroatoms. The summed E-state index contributed by atoms with van der Waals surface area (Å²) >= 11 is 0. The summed E-state index contributed by atoms with van der Waals surface area (Å²) in [4.78, 5) is 0. The SMILES string of the molecule is CC(C)(C)c1ccc(C2CCC(CN)C2)cc1. The number of benzene rings is 1. The number of hydrogen-bond acceptors (Lipinski definition) is 1. The fourth-order valence-electron chi connectivity index (χ4n) is 2.85. The Bertz CT molecular complexity index is 358. The van der Waals surface area contributed by atoms with Crippen LogP contribution in [0.25, 0.3) is 0 Å². The van der Waals surface area contributed by atoms with Crippen LogP contribution in [-0.4, -0.2) is 6.54 Å². The first-order valence-corrected chi connectivity index (χ1v) is 6.81. The van der Waals surface area contributed by atoms with Crippen LogP contribution in [0.5, 0.6) is 0 Å². The maximum absolute atomic E-state index is 5.76. The van der Waals surface area contributed by atoms with E-state index in [1.54, 1.807) is 0 Å². The predicted molar refractivity (Wildman–Crippen MR) is 74.3 cm³/mol. The Hall–Kier alpha value is -0.820. The van der Waals surface area contributed by atoms with E-state index in [9.17, 15) is 0 Å². The monoisotopic (exact) mass is 231 g/mol. The minimum atomic E-state index is 0.258. The fraction of sp³-hybridized carbons (Fsp3) is 0.625. The van der Waals surface area contributed by atoms with Crippen LogP contribution in [0.2, 0.25) is 0 Å². The van der Waals surface area contributed by atoms with Gasteiger partial charge in [0.15, 0.2) is 0 Å².